The highest BCUT2D eigenvalue weighted by Gasteiger charge is 2.37. The van der Waals surface area contributed by atoms with E-state index in [1.807, 2.05) is 22.6 Å². The molecule has 3 rings (SSSR count). The molecular formula is C16H15FIN3O5S. The SMILES string of the molecule is Cn1c(N(C(=O)O)c2ccc(I)cc2F)c(NS(=O)(=O)C2CC2)ccc1=O. The van der Waals surface area contributed by atoms with E-state index in [1.165, 1.54) is 25.2 Å². The molecule has 1 aliphatic carbocycles. The molecule has 144 valence electrons. The van der Waals surface area contributed by atoms with Crippen molar-refractivity contribution in [3.63, 3.8) is 0 Å². The van der Waals surface area contributed by atoms with Crippen LogP contribution in [0.3, 0.4) is 0 Å². The molecule has 1 saturated carbocycles. The van der Waals surface area contributed by atoms with Crippen LogP contribution in [0.25, 0.3) is 0 Å². The molecule has 27 heavy (non-hydrogen) atoms. The fourth-order valence-corrected chi connectivity index (χ4v) is 4.40. The Morgan fingerprint density at radius 2 is 2.00 bits per heavy atom. The summed E-state index contributed by atoms with van der Waals surface area (Å²) in [5, 5.41) is 9.14. The van der Waals surface area contributed by atoms with E-state index in [9.17, 15) is 27.5 Å². The van der Waals surface area contributed by atoms with Crippen LogP contribution >= 0.6 is 22.6 Å². The van der Waals surface area contributed by atoms with Crippen molar-refractivity contribution in [2.75, 3.05) is 9.62 Å². The number of pyridine rings is 1. The van der Waals surface area contributed by atoms with Gasteiger partial charge < -0.3 is 5.11 Å². The lowest BCUT2D eigenvalue weighted by atomic mass is 10.2. The van der Waals surface area contributed by atoms with Gasteiger partial charge in [0, 0.05) is 16.7 Å². The molecule has 0 spiro atoms. The minimum atomic E-state index is -3.73. The van der Waals surface area contributed by atoms with Gasteiger partial charge in [-0.3, -0.25) is 14.1 Å². The van der Waals surface area contributed by atoms with E-state index in [1.54, 1.807) is 0 Å². The predicted molar refractivity (Wildman–Crippen MR) is 107 cm³/mol. The minimum Gasteiger partial charge on any atom is -0.464 e. The molecule has 2 N–H and O–H groups in total. The molecule has 1 aromatic carbocycles. The standard InChI is InChI=1S/C16H15FIN3O5S/c1-20-14(22)7-5-12(19-27(25,26)10-3-4-10)15(20)21(16(23)24)13-6-2-9(18)8-11(13)17/h2,5-8,10,19H,3-4H2,1H3,(H,23,24). The zero-order chi connectivity index (χ0) is 19.9. The zero-order valence-electron chi connectivity index (χ0n) is 14.0. The maximum absolute atomic E-state index is 14.5. The largest absolute Gasteiger partial charge is 0.464 e. The molecule has 0 saturated heterocycles. The molecule has 0 radical (unpaired) electrons. The molecule has 0 bridgehead atoms. The summed E-state index contributed by atoms with van der Waals surface area (Å²) in [6, 6.07) is 6.18. The van der Waals surface area contributed by atoms with Crippen molar-refractivity contribution in [2.45, 2.75) is 18.1 Å². The van der Waals surface area contributed by atoms with E-state index in [-0.39, 0.29) is 17.2 Å². The quantitative estimate of drug-likeness (QED) is 0.606. The van der Waals surface area contributed by atoms with Crippen LogP contribution in [-0.2, 0) is 17.1 Å². The number of carboxylic acid groups (broad SMARTS) is 1. The highest BCUT2D eigenvalue weighted by Crippen LogP contribution is 2.36. The van der Waals surface area contributed by atoms with Gasteiger partial charge in [-0.1, -0.05) is 0 Å². The van der Waals surface area contributed by atoms with Gasteiger partial charge in [-0.15, -0.1) is 0 Å². The first-order valence-corrected chi connectivity index (χ1v) is 10.4. The number of carbonyl (C=O) groups is 1. The average Bonchev–Trinajstić information content (AvgIpc) is 3.40. The Morgan fingerprint density at radius 3 is 2.56 bits per heavy atom. The Kier molecular flexibility index (Phi) is 5.16. The lowest BCUT2D eigenvalue weighted by Gasteiger charge is -2.25. The summed E-state index contributed by atoms with van der Waals surface area (Å²) in [6.07, 6.45) is -0.557. The lowest BCUT2D eigenvalue weighted by Crippen LogP contribution is -2.33. The average molecular weight is 507 g/mol. The van der Waals surface area contributed by atoms with Crippen LogP contribution in [0, 0.1) is 9.39 Å². The van der Waals surface area contributed by atoms with Gasteiger partial charge >= 0.3 is 6.09 Å². The summed E-state index contributed by atoms with van der Waals surface area (Å²) in [7, 11) is -2.45. The number of benzene rings is 1. The highest BCUT2D eigenvalue weighted by atomic mass is 127. The van der Waals surface area contributed by atoms with Crippen LogP contribution in [0.2, 0.25) is 0 Å². The van der Waals surface area contributed by atoms with E-state index < -0.39 is 32.7 Å². The third kappa shape index (κ3) is 3.93. The van der Waals surface area contributed by atoms with Gasteiger partial charge in [0.05, 0.1) is 16.6 Å². The number of nitrogens with one attached hydrogen (secondary N) is 1. The molecule has 11 heteroatoms. The van der Waals surface area contributed by atoms with E-state index in [2.05, 4.69) is 4.72 Å². The summed E-state index contributed by atoms with van der Waals surface area (Å²) in [4.78, 5) is 24.6. The van der Waals surface area contributed by atoms with Gasteiger partial charge in [0.25, 0.3) is 5.56 Å². The Bertz CT molecular complexity index is 1080. The van der Waals surface area contributed by atoms with Crippen molar-refractivity contribution in [1.82, 2.24) is 4.57 Å². The fraction of sp³-hybridized carbons (Fsp3) is 0.250. The number of nitrogens with zero attached hydrogens (tertiary/aromatic N) is 2. The lowest BCUT2D eigenvalue weighted by molar-refractivity contribution is 0.204. The molecule has 2 aromatic rings. The number of hydrogen-bond donors (Lipinski definition) is 2. The van der Waals surface area contributed by atoms with Crippen molar-refractivity contribution >= 4 is 55.9 Å². The van der Waals surface area contributed by atoms with Crippen molar-refractivity contribution in [1.29, 1.82) is 0 Å². The van der Waals surface area contributed by atoms with Crippen molar-refractivity contribution < 1.29 is 22.7 Å². The van der Waals surface area contributed by atoms with E-state index in [0.717, 1.165) is 16.7 Å². The van der Waals surface area contributed by atoms with Gasteiger partial charge in [-0.25, -0.2) is 22.5 Å². The predicted octanol–water partition coefficient (Wildman–Crippen LogP) is 2.85. The maximum Gasteiger partial charge on any atom is 0.417 e. The molecular weight excluding hydrogens is 492 g/mol. The number of rotatable bonds is 5. The molecule has 8 nitrogen and oxygen atoms in total. The molecule has 1 amide bonds. The first-order chi connectivity index (χ1) is 12.6. The number of halogens is 2. The van der Waals surface area contributed by atoms with Crippen molar-refractivity contribution in [2.24, 2.45) is 7.05 Å². The summed E-state index contributed by atoms with van der Waals surface area (Å²) in [6.45, 7) is 0. The summed E-state index contributed by atoms with van der Waals surface area (Å²) < 4.78 is 42.9. The number of aromatic nitrogens is 1. The second kappa shape index (κ2) is 7.11. The summed E-state index contributed by atoms with van der Waals surface area (Å²) in [5.74, 6) is -1.11. The normalized spacial score (nSPS) is 14.0. The Morgan fingerprint density at radius 1 is 1.33 bits per heavy atom. The Hall–Kier alpha value is -2.15. The van der Waals surface area contributed by atoms with Gasteiger partial charge in [0.1, 0.15) is 11.6 Å². The van der Waals surface area contributed by atoms with Crippen LogP contribution in [0.4, 0.5) is 26.4 Å². The number of sulfonamides is 1. The first-order valence-electron chi connectivity index (χ1n) is 7.81. The zero-order valence-corrected chi connectivity index (χ0v) is 17.0. The van der Waals surface area contributed by atoms with Crippen molar-refractivity contribution in [3.8, 4) is 0 Å². The van der Waals surface area contributed by atoms with E-state index in [0.29, 0.717) is 21.3 Å². The monoisotopic (exact) mass is 507 g/mol. The van der Waals surface area contributed by atoms with E-state index in [4.69, 9.17) is 0 Å². The number of anilines is 3. The van der Waals surface area contributed by atoms with Crippen LogP contribution < -0.4 is 15.2 Å². The Labute approximate surface area is 167 Å². The number of hydrogen-bond acceptors (Lipinski definition) is 4. The third-order valence-electron chi connectivity index (χ3n) is 4.05. The molecule has 1 heterocycles. The number of amides is 1. The summed E-state index contributed by atoms with van der Waals surface area (Å²) in [5.41, 5.74) is -1.02. The maximum atomic E-state index is 14.5. The molecule has 0 atom stereocenters. The first kappa shape index (κ1) is 19.6. The van der Waals surface area contributed by atoms with Crippen LogP contribution in [-0.4, -0.2) is 29.4 Å². The van der Waals surface area contributed by atoms with Crippen LogP contribution in [0.15, 0.2) is 35.1 Å². The van der Waals surface area contributed by atoms with Gasteiger partial charge in [0.2, 0.25) is 10.0 Å². The molecule has 0 aliphatic heterocycles. The third-order valence-corrected chi connectivity index (χ3v) is 6.58. The minimum absolute atomic E-state index is 0.121. The summed E-state index contributed by atoms with van der Waals surface area (Å²) >= 11 is 1.88. The van der Waals surface area contributed by atoms with E-state index >= 15 is 0 Å². The molecule has 1 aliphatic rings. The highest BCUT2D eigenvalue weighted by molar-refractivity contribution is 14.1. The smallest absolute Gasteiger partial charge is 0.417 e. The topological polar surface area (TPSA) is 109 Å². The molecule has 1 aromatic heterocycles. The van der Waals surface area contributed by atoms with Crippen LogP contribution in [0.5, 0.6) is 0 Å². The second-order valence-corrected chi connectivity index (χ2v) is 9.23. The second-order valence-electron chi connectivity index (χ2n) is 6.03. The van der Waals surface area contributed by atoms with Gasteiger partial charge in [0.15, 0.2) is 0 Å². The van der Waals surface area contributed by atoms with Crippen molar-refractivity contribution in [3.05, 3.63) is 50.1 Å². The molecule has 1 fully saturated rings. The fourth-order valence-electron chi connectivity index (χ4n) is 2.56. The van der Waals surface area contributed by atoms with Gasteiger partial charge in [-0.05, 0) is 59.7 Å². The molecule has 0 unspecified atom stereocenters. The van der Waals surface area contributed by atoms with Crippen LogP contribution in [0.1, 0.15) is 12.8 Å². The van der Waals surface area contributed by atoms with Gasteiger partial charge in [-0.2, -0.15) is 0 Å². The Balaban J connectivity index is 2.21.